The maximum atomic E-state index is 4.69. The molecule has 20 heavy (non-hydrogen) atoms. The topological polar surface area (TPSA) is 41.1 Å². The van der Waals surface area contributed by atoms with Crippen molar-refractivity contribution in [1.29, 1.82) is 0 Å². The summed E-state index contributed by atoms with van der Waals surface area (Å²) < 4.78 is 0. The molecule has 0 saturated heterocycles. The lowest BCUT2D eigenvalue weighted by molar-refractivity contribution is 0.761. The second kappa shape index (κ2) is 7.08. The minimum Gasteiger partial charge on any atom is -0.359 e. The fourth-order valence-electron chi connectivity index (χ4n) is 2.17. The second-order valence-electron chi connectivity index (χ2n) is 5.09. The highest BCUT2D eigenvalue weighted by Crippen LogP contribution is 2.24. The number of fused-ring (bicyclic) bond motifs is 1. The standard InChI is InChI=1S/C16H24N4/c1-4-6-12-20(3)15-13-9-7-8-10-14(13)18-16(19-15)17-11-5-2/h7-10H,4-6,11-12H2,1-3H3,(H,17,18,19). The Kier molecular flexibility index (Phi) is 5.16. The summed E-state index contributed by atoms with van der Waals surface area (Å²) in [6.07, 6.45) is 3.43. The van der Waals surface area contributed by atoms with Gasteiger partial charge in [0, 0.05) is 25.5 Å². The van der Waals surface area contributed by atoms with Gasteiger partial charge in [-0.15, -0.1) is 0 Å². The molecule has 0 aliphatic rings. The molecule has 4 heteroatoms. The summed E-state index contributed by atoms with van der Waals surface area (Å²) in [6, 6.07) is 8.21. The van der Waals surface area contributed by atoms with E-state index in [1.165, 1.54) is 12.8 Å². The molecule has 0 amide bonds. The number of hydrogen-bond acceptors (Lipinski definition) is 4. The van der Waals surface area contributed by atoms with Crippen molar-refractivity contribution >= 4 is 22.7 Å². The number of nitrogens with one attached hydrogen (secondary N) is 1. The Hall–Kier alpha value is -1.84. The van der Waals surface area contributed by atoms with Crippen molar-refractivity contribution in [2.24, 2.45) is 0 Å². The Morgan fingerprint density at radius 1 is 1.10 bits per heavy atom. The largest absolute Gasteiger partial charge is 0.359 e. The highest BCUT2D eigenvalue weighted by molar-refractivity contribution is 5.90. The zero-order chi connectivity index (χ0) is 14.4. The van der Waals surface area contributed by atoms with E-state index in [-0.39, 0.29) is 0 Å². The van der Waals surface area contributed by atoms with Gasteiger partial charge < -0.3 is 10.2 Å². The van der Waals surface area contributed by atoms with Crippen LogP contribution in [0.3, 0.4) is 0 Å². The minimum absolute atomic E-state index is 0.726. The van der Waals surface area contributed by atoms with Crippen LogP contribution >= 0.6 is 0 Å². The lowest BCUT2D eigenvalue weighted by Crippen LogP contribution is -2.21. The number of para-hydroxylation sites is 1. The summed E-state index contributed by atoms with van der Waals surface area (Å²) >= 11 is 0. The molecule has 0 fully saturated rings. The van der Waals surface area contributed by atoms with Gasteiger partial charge in [-0.2, -0.15) is 4.98 Å². The van der Waals surface area contributed by atoms with Crippen molar-refractivity contribution in [3.63, 3.8) is 0 Å². The number of rotatable bonds is 7. The van der Waals surface area contributed by atoms with Gasteiger partial charge in [0.2, 0.25) is 5.95 Å². The molecule has 1 heterocycles. The van der Waals surface area contributed by atoms with Crippen LogP contribution in [0.15, 0.2) is 24.3 Å². The van der Waals surface area contributed by atoms with Gasteiger partial charge in [0.15, 0.2) is 0 Å². The maximum Gasteiger partial charge on any atom is 0.225 e. The van der Waals surface area contributed by atoms with Crippen LogP contribution in [-0.4, -0.2) is 30.1 Å². The number of anilines is 2. The third-order valence-electron chi connectivity index (χ3n) is 3.32. The monoisotopic (exact) mass is 272 g/mol. The number of unbranched alkanes of at least 4 members (excludes halogenated alkanes) is 1. The zero-order valence-electron chi connectivity index (χ0n) is 12.7. The van der Waals surface area contributed by atoms with Gasteiger partial charge in [0.1, 0.15) is 5.82 Å². The molecule has 2 aromatic rings. The molecule has 4 nitrogen and oxygen atoms in total. The molecule has 108 valence electrons. The highest BCUT2D eigenvalue weighted by Gasteiger charge is 2.10. The molecule has 0 unspecified atom stereocenters. The average Bonchev–Trinajstić information content (AvgIpc) is 2.49. The van der Waals surface area contributed by atoms with Gasteiger partial charge >= 0.3 is 0 Å². The Balaban J connectivity index is 2.38. The van der Waals surface area contributed by atoms with Crippen LogP contribution in [-0.2, 0) is 0 Å². The van der Waals surface area contributed by atoms with Gasteiger partial charge in [0.05, 0.1) is 5.52 Å². The molecule has 0 atom stereocenters. The molecule has 0 saturated carbocycles. The molecule has 0 radical (unpaired) electrons. The first-order chi connectivity index (χ1) is 9.76. The van der Waals surface area contributed by atoms with E-state index in [0.717, 1.165) is 42.2 Å². The zero-order valence-corrected chi connectivity index (χ0v) is 12.7. The summed E-state index contributed by atoms with van der Waals surface area (Å²) in [5.74, 6) is 1.74. The van der Waals surface area contributed by atoms with Crippen LogP contribution in [0.4, 0.5) is 11.8 Å². The molecule has 0 bridgehead atoms. The van der Waals surface area contributed by atoms with E-state index < -0.39 is 0 Å². The molecular weight excluding hydrogens is 248 g/mol. The SMILES string of the molecule is CCCCN(C)c1nc(NCCC)nc2ccccc12. The van der Waals surface area contributed by atoms with Crippen LogP contribution in [0.25, 0.3) is 10.9 Å². The third kappa shape index (κ3) is 3.38. The maximum absolute atomic E-state index is 4.69. The molecule has 0 aliphatic carbocycles. The number of aromatic nitrogens is 2. The van der Waals surface area contributed by atoms with Gasteiger partial charge in [-0.05, 0) is 25.0 Å². The fraction of sp³-hybridized carbons (Fsp3) is 0.500. The Labute approximate surface area is 121 Å². The normalized spacial score (nSPS) is 10.8. The molecule has 0 spiro atoms. The quantitative estimate of drug-likeness (QED) is 0.834. The van der Waals surface area contributed by atoms with Crippen LogP contribution in [0.2, 0.25) is 0 Å². The van der Waals surface area contributed by atoms with Crippen LogP contribution in [0.5, 0.6) is 0 Å². The summed E-state index contributed by atoms with van der Waals surface area (Å²) in [5.41, 5.74) is 0.999. The summed E-state index contributed by atoms with van der Waals surface area (Å²) in [7, 11) is 2.11. The smallest absolute Gasteiger partial charge is 0.225 e. The molecule has 2 rings (SSSR count). The van der Waals surface area contributed by atoms with Crippen molar-refractivity contribution in [1.82, 2.24) is 9.97 Å². The van der Waals surface area contributed by atoms with E-state index in [4.69, 9.17) is 4.98 Å². The van der Waals surface area contributed by atoms with Crippen LogP contribution in [0, 0.1) is 0 Å². The number of hydrogen-bond donors (Lipinski definition) is 1. The lowest BCUT2D eigenvalue weighted by Gasteiger charge is -2.20. The second-order valence-corrected chi connectivity index (χ2v) is 5.09. The third-order valence-corrected chi connectivity index (χ3v) is 3.32. The van der Waals surface area contributed by atoms with E-state index in [1.807, 2.05) is 18.2 Å². The minimum atomic E-state index is 0.726. The Bertz CT molecular complexity index is 553. The number of nitrogens with zero attached hydrogens (tertiary/aromatic N) is 3. The van der Waals surface area contributed by atoms with Crippen molar-refractivity contribution in [2.45, 2.75) is 33.1 Å². The van der Waals surface area contributed by atoms with Crippen molar-refractivity contribution < 1.29 is 0 Å². The average molecular weight is 272 g/mol. The summed E-state index contributed by atoms with van der Waals surface area (Å²) in [4.78, 5) is 11.5. The van der Waals surface area contributed by atoms with Gasteiger partial charge in [-0.25, -0.2) is 4.98 Å². The molecule has 1 N–H and O–H groups in total. The van der Waals surface area contributed by atoms with E-state index >= 15 is 0 Å². The molecule has 0 aliphatic heterocycles. The first-order valence-electron chi connectivity index (χ1n) is 7.48. The molecular formula is C16H24N4. The Morgan fingerprint density at radius 2 is 1.90 bits per heavy atom. The van der Waals surface area contributed by atoms with E-state index in [0.29, 0.717) is 0 Å². The summed E-state index contributed by atoms with van der Waals surface area (Å²) in [6.45, 7) is 6.27. The van der Waals surface area contributed by atoms with E-state index in [1.54, 1.807) is 0 Å². The molecule has 1 aromatic carbocycles. The predicted octanol–water partition coefficient (Wildman–Crippen LogP) is 3.69. The van der Waals surface area contributed by atoms with Crippen molar-refractivity contribution in [2.75, 3.05) is 30.4 Å². The van der Waals surface area contributed by atoms with Crippen LogP contribution < -0.4 is 10.2 Å². The first kappa shape index (κ1) is 14.6. The number of benzene rings is 1. The van der Waals surface area contributed by atoms with Crippen LogP contribution in [0.1, 0.15) is 33.1 Å². The van der Waals surface area contributed by atoms with Gasteiger partial charge in [-0.1, -0.05) is 32.4 Å². The van der Waals surface area contributed by atoms with Gasteiger partial charge in [-0.3, -0.25) is 0 Å². The summed E-state index contributed by atoms with van der Waals surface area (Å²) in [5, 5.41) is 4.41. The Morgan fingerprint density at radius 3 is 2.65 bits per heavy atom. The first-order valence-corrected chi connectivity index (χ1v) is 7.48. The lowest BCUT2D eigenvalue weighted by atomic mass is 10.2. The van der Waals surface area contributed by atoms with E-state index in [9.17, 15) is 0 Å². The van der Waals surface area contributed by atoms with Gasteiger partial charge in [0.25, 0.3) is 0 Å². The highest BCUT2D eigenvalue weighted by atomic mass is 15.2. The van der Waals surface area contributed by atoms with Crippen molar-refractivity contribution in [3.05, 3.63) is 24.3 Å². The van der Waals surface area contributed by atoms with Crippen molar-refractivity contribution in [3.8, 4) is 0 Å². The van der Waals surface area contributed by atoms with E-state index in [2.05, 4.69) is 42.2 Å². The fourth-order valence-corrected chi connectivity index (χ4v) is 2.17. The molecule has 1 aromatic heterocycles. The predicted molar refractivity (Wildman–Crippen MR) is 86.5 cm³/mol.